The van der Waals surface area contributed by atoms with Crippen molar-refractivity contribution in [2.24, 2.45) is 0 Å². The van der Waals surface area contributed by atoms with Gasteiger partial charge in [0.05, 0.1) is 24.7 Å². The highest BCUT2D eigenvalue weighted by Gasteiger charge is 2.15. The molecule has 0 amide bonds. The number of nitro groups is 1. The Kier molecular flexibility index (Phi) is 5.04. The van der Waals surface area contributed by atoms with Gasteiger partial charge in [-0.3, -0.25) is 10.1 Å². The Balaban J connectivity index is 2.56. The molecule has 0 aliphatic carbocycles. The number of aliphatic hydroxyl groups is 1. The van der Waals surface area contributed by atoms with Crippen molar-refractivity contribution in [1.82, 2.24) is 9.97 Å². The average molecular weight is 243 g/mol. The minimum absolute atomic E-state index is 0.0469. The van der Waals surface area contributed by atoms with Crippen molar-refractivity contribution in [3.63, 3.8) is 0 Å². The summed E-state index contributed by atoms with van der Waals surface area (Å²) in [4.78, 5) is 17.3. The van der Waals surface area contributed by atoms with Crippen LogP contribution in [0.2, 0.25) is 0 Å². The zero-order valence-corrected chi connectivity index (χ0v) is 9.00. The van der Waals surface area contributed by atoms with Gasteiger partial charge in [-0.25, -0.2) is 4.98 Å². The molecule has 1 aromatic rings. The lowest BCUT2D eigenvalue weighted by Gasteiger charge is -2.06. The Hall–Kier alpha value is -2.00. The molecule has 0 spiro atoms. The monoisotopic (exact) mass is 243 g/mol. The number of nitrogens with one attached hydrogen (secondary N) is 1. The van der Waals surface area contributed by atoms with Crippen LogP contribution in [0.15, 0.2) is 6.20 Å². The second kappa shape index (κ2) is 6.55. The fraction of sp³-hybridized carbons (Fsp3) is 0.500. The normalized spacial score (nSPS) is 10.2. The van der Waals surface area contributed by atoms with E-state index in [-0.39, 0.29) is 30.7 Å². The van der Waals surface area contributed by atoms with E-state index in [9.17, 15) is 10.1 Å². The summed E-state index contributed by atoms with van der Waals surface area (Å²) in [5.74, 6) is 0.00414. The molecule has 0 bridgehead atoms. The van der Waals surface area contributed by atoms with Crippen LogP contribution in [0.4, 0.5) is 17.5 Å². The van der Waals surface area contributed by atoms with Gasteiger partial charge in [0.1, 0.15) is 6.20 Å². The number of aliphatic hydroxyl groups excluding tert-OH is 1. The quantitative estimate of drug-likeness (QED) is 0.327. The molecule has 1 heterocycles. The van der Waals surface area contributed by atoms with Crippen molar-refractivity contribution in [1.29, 1.82) is 0 Å². The molecule has 4 N–H and O–H groups in total. The van der Waals surface area contributed by atoms with Gasteiger partial charge in [-0.05, 0) is 0 Å². The maximum Gasteiger partial charge on any atom is 0.329 e. The van der Waals surface area contributed by atoms with E-state index in [1.165, 1.54) is 0 Å². The van der Waals surface area contributed by atoms with Crippen molar-refractivity contribution in [3.8, 4) is 0 Å². The molecule has 0 unspecified atom stereocenters. The maximum atomic E-state index is 10.6. The van der Waals surface area contributed by atoms with Crippen LogP contribution in [0.3, 0.4) is 0 Å². The van der Waals surface area contributed by atoms with Crippen LogP contribution in [0.1, 0.15) is 0 Å². The molecule has 17 heavy (non-hydrogen) atoms. The molecule has 0 aliphatic heterocycles. The fourth-order valence-electron chi connectivity index (χ4n) is 1.06. The number of nitrogens with two attached hydrogens (primary N) is 1. The van der Waals surface area contributed by atoms with E-state index in [1.54, 1.807) is 0 Å². The SMILES string of the molecule is Nc1ncc([N+](=O)[O-])c(NCCOCCO)n1. The number of rotatable bonds is 7. The second-order valence-electron chi connectivity index (χ2n) is 2.98. The molecule has 0 saturated heterocycles. The van der Waals surface area contributed by atoms with E-state index in [1.807, 2.05) is 0 Å². The summed E-state index contributed by atoms with van der Waals surface area (Å²) in [6.45, 7) is 0.759. The average Bonchev–Trinajstić information content (AvgIpc) is 2.28. The van der Waals surface area contributed by atoms with E-state index >= 15 is 0 Å². The largest absolute Gasteiger partial charge is 0.394 e. The molecule has 1 aromatic heterocycles. The van der Waals surface area contributed by atoms with E-state index in [0.29, 0.717) is 13.2 Å². The number of nitrogen functional groups attached to an aromatic ring is 1. The van der Waals surface area contributed by atoms with E-state index in [0.717, 1.165) is 6.20 Å². The molecule has 9 nitrogen and oxygen atoms in total. The molecule has 0 atom stereocenters. The van der Waals surface area contributed by atoms with Crippen LogP contribution in [0.25, 0.3) is 0 Å². The molecule has 0 radical (unpaired) electrons. The first-order valence-electron chi connectivity index (χ1n) is 4.84. The van der Waals surface area contributed by atoms with Gasteiger partial charge in [0, 0.05) is 6.54 Å². The van der Waals surface area contributed by atoms with Crippen molar-refractivity contribution < 1.29 is 14.8 Å². The molecule has 94 valence electrons. The molecule has 0 saturated carbocycles. The number of hydrogen-bond acceptors (Lipinski definition) is 8. The third-order valence-electron chi connectivity index (χ3n) is 1.76. The second-order valence-corrected chi connectivity index (χ2v) is 2.98. The summed E-state index contributed by atoms with van der Waals surface area (Å²) in [5.41, 5.74) is 5.08. The van der Waals surface area contributed by atoms with Gasteiger partial charge in [-0.2, -0.15) is 4.98 Å². The third-order valence-corrected chi connectivity index (χ3v) is 1.76. The third kappa shape index (κ3) is 4.17. The Morgan fingerprint density at radius 3 is 3.00 bits per heavy atom. The Morgan fingerprint density at radius 2 is 2.35 bits per heavy atom. The minimum Gasteiger partial charge on any atom is -0.394 e. The predicted molar refractivity (Wildman–Crippen MR) is 59.5 cm³/mol. The van der Waals surface area contributed by atoms with Crippen LogP contribution in [0.5, 0.6) is 0 Å². The van der Waals surface area contributed by atoms with Gasteiger partial charge in [0.25, 0.3) is 0 Å². The Bertz CT molecular complexity index is 386. The molecule has 1 rings (SSSR count). The maximum absolute atomic E-state index is 10.6. The smallest absolute Gasteiger partial charge is 0.329 e. The molecule has 0 aliphatic rings. The number of aromatic nitrogens is 2. The minimum atomic E-state index is -0.601. The molecular weight excluding hydrogens is 230 g/mol. The summed E-state index contributed by atoms with van der Waals surface area (Å²) in [5, 5.41) is 21.8. The first kappa shape index (κ1) is 13.1. The molecule has 0 fully saturated rings. The van der Waals surface area contributed by atoms with E-state index < -0.39 is 4.92 Å². The number of anilines is 2. The van der Waals surface area contributed by atoms with Gasteiger partial charge in [0.15, 0.2) is 0 Å². The van der Waals surface area contributed by atoms with E-state index in [4.69, 9.17) is 15.6 Å². The Morgan fingerprint density at radius 1 is 1.59 bits per heavy atom. The number of hydrogen-bond donors (Lipinski definition) is 3. The summed E-state index contributed by atoms with van der Waals surface area (Å²) in [7, 11) is 0. The molecule has 0 aromatic carbocycles. The molecule has 9 heteroatoms. The van der Waals surface area contributed by atoms with Gasteiger partial charge in [-0.15, -0.1) is 0 Å². The summed E-state index contributed by atoms with van der Waals surface area (Å²) < 4.78 is 4.98. The summed E-state index contributed by atoms with van der Waals surface area (Å²) in [6.07, 6.45) is 1.04. The van der Waals surface area contributed by atoms with Gasteiger partial charge >= 0.3 is 5.69 Å². The van der Waals surface area contributed by atoms with E-state index in [2.05, 4.69) is 15.3 Å². The standard InChI is InChI=1S/C8H13N5O4/c9-8-11-5-6(13(15)16)7(12-8)10-1-3-17-4-2-14/h5,14H,1-4H2,(H3,9,10,11,12). The predicted octanol–water partition coefficient (Wildman–Crippen LogP) is -0.612. The zero-order valence-electron chi connectivity index (χ0n) is 9.00. The lowest BCUT2D eigenvalue weighted by molar-refractivity contribution is -0.384. The van der Waals surface area contributed by atoms with Crippen LogP contribution in [-0.2, 0) is 4.74 Å². The van der Waals surface area contributed by atoms with Crippen LogP contribution >= 0.6 is 0 Å². The van der Waals surface area contributed by atoms with Gasteiger partial charge in [-0.1, -0.05) is 0 Å². The fourth-order valence-corrected chi connectivity index (χ4v) is 1.06. The summed E-state index contributed by atoms with van der Waals surface area (Å²) in [6, 6.07) is 0. The number of nitrogens with zero attached hydrogens (tertiary/aromatic N) is 3. The lowest BCUT2D eigenvalue weighted by Crippen LogP contribution is -2.14. The lowest BCUT2D eigenvalue weighted by atomic mass is 10.4. The highest BCUT2D eigenvalue weighted by molar-refractivity contribution is 5.56. The van der Waals surface area contributed by atoms with Crippen LogP contribution in [-0.4, -0.2) is 46.4 Å². The first-order valence-corrected chi connectivity index (χ1v) is 4.84. The van der Waals surface area contributed by atoms with Crippen molar-refractivity contribution in [3.05, 3.63) is 16.3 Å². The molecular formula is C8H13N5O4. The van der Waals surface area contributed by atoms with Gasteiger partial charge < -0.3 is 20.9 Å². The summed E-state index contributed by atoms with van der Waals surface area (Å²) >= 11 is 0. The van der Waals surface area contributed by atoms with Crippen molar-refractivity contribution in [2.75, 3.05) is 37.4 Å². The number of ether oxygens (including phenoxy) is 1. The highest BCUT2D eigenvalue weighted by atomic mass is 16.6. The highest BCUT2D eigenvalue weighted by Crippen LogP contribution is 2.20. The topological polar surface area (TPSA) is 136 Å². The van der Waals surface area contributed by atoms with Crippen LogP contribution in [0, 0.1) is 10.1 Å². The van der Waals surface area contributed by atoms with Gasteiger partial charge in [0.2, 0.25) is 11.8 Å². The van der Waals surface area contributed by atoms with Crippen LogP contribution < -0.4 is 11.1 Å². The first-order chi connectivity index (χ1) is 8.15. The van der Waals surface area contributed by atoms with Crippen molar-refractivity contribution in [2.45, 2.75) is 0 Å². The zero-order chi connectivity index (χ0) is 12.7. The van der Waals surface area contributed by atoms with Crippen molar-refractivity contribution >= 4 is 17.5 Å². The Labute approximate surface area is 96.8 Å².